The molecule has 1 atom stereocenters. The molecule has 1 aliphatic rings. The highest BCUT2D eigenvalue weighted by atomic mass is 79.9. The number of halogens is 2. The van der Waals surface area contributed by atoms with E-state index in [0.717, 1.165) is 16.8 Å². The molecule has 0 nitrogen and oxygen atoms in total. The highest BCUT2D eigenvalue weighted by Crippen LogP contribution is 2.29. The molecular weight excluding hydrogens is 296 g/mol. The van der Waals surface area contributed by atoms with Crippen molar-refractivity contribution in [3.05, 3.63) is 34.3 Å². The molecule has 2 heteroatoms. The van der Waals surface area contributed by atoms with Crippen LogP contribution in [0.25, 0.3) is 0 Å². The fourth-order valence-corrected chi connectivity index (χ4v) is 3.66. The van der Waals surface area contributed by atoms with Crippen molar-refractivity contribution < 1.29 is 0 Å². The lowest BCUT2D eigenvalue weighted by Crippen LogP contribution is -2.14. The summed E-state index contributed by atoms with van der Waals surface area (Å²) in [5.74, 6) is 0.874. The van der Waals surface area contributed by atoms with Gasteiger partial charge in [0, 0.05) is 9.85 Å². The van der Waals surface area contributed by atoms with Gasteiger partial charge in [0.2, 0.25) is 0 Å². The van der Waals surface area contributed by atoms with Crippen LogP contribution >= 0.6 is 27.5 Å². The second-order valence-electron chi connectivity index (χ2n) is 5.17. The van der Waals surface area contributed by atoms with Gasteiger partial charge in [0.15, 0.2) is 0 Å². The maximum absolute atomic E-state index is 6.49. The van der Waals surface area contributed by atoms with Gasteiger partial charge < -0.3 is 0 Å². The van der Waals surface area contributed by atoms with E-state index in [0.29, 0.717) is 5.38 Å². The minimum atomic E-state index is 0.299. The number of hydrogen-bond acceptors (Lipinski definition) is 0. The van der Waals surface area contributed by atoms with Crippen molar-refractivity contribution in [1.29, 1.82) is 0 Å². The van der Waals surface area contributed by atoms with Crippen LogP contribution in [0.15, 0.2) is 28.7 Å². The molecule has 0 aliphatic heterocycles. The zero-order valence-electron chi connectivity index (χ0n) is 10.2. The predicted molar refractivity (Wildman–Crippen MR) is 78.7 cm³/mol. The summed E-state index contributed by atoms with van der Waals surface area (Å²) in [5.41, 5.74) is 1.34. The molecule has 0 radical (unpaired) electrons. The summed E-state index contributed by atoms with van der Waals surface area (Å²) in [4.78, 5) is 0. The van der Waals surface area contributed by atoms with Gasteiger partial charge in [-0.1, -0.05) is 60.2 Å². The van der Waals surface area contributed by atoms with E-state index in [9.17, 15) is 0 Å². The molecule has 1 unspecified atom stereocenters. The molecule has 1 aliphatic carbocycles. The van der Waals surface area contributed by atoms with Crippen molar-refractivity contribution in [2.75, 3.05) is 0 Å². The first-order valence-electron chi connectivity index (χ1n) is 6.62. The van der Waals surface area contributed by atoms with Gasteiger partial charge in [-0.05, 0) is 36.5 Å². The quantitative estimate of drug-likeness (QED) is 0.637. The summed E-state index contributed by atoms with van der Waals surface area (Å²) in [6.07, 6.45) is 9.21. The van der Waals surface area contributed by atoms with E-state index in [2.05, 4.69) is 40.2 Å². The van der Waals surface area contributed by atoms with Crippen LogP contribution in [0.2, 0.25) is 0 Å². The third-order valence-corrected chi connectivity index (χ3v) is 4.49. The molecule has 0 aromatic heterocycles. The van der Waals surface area contributed by atoms with Gasteiger partial charge in [0.05, 0.1) is 0 Å². The van der Waals surface area contributed by atoms with Crippen molar-refractivity contribution >= 4 is 27.5 Å². The second kappa shape index (κ2) is 6.80. The number of rotatable bonds is 4. The molecule has 0 spiro atoms. The lowest BCUT2D eigenvalue weighted by molar-refractivity contribution is 0.334. The fourth-order valence-electron chi connectivity index (χ4n) is 2.79. The van der Waals surface area contributed by atoms with Crippen LogP contribution in [0.1, 0.15) is 44.1 Å². The van der Waals surface area contributed by atoms with Gasteiger partial charge in [-0.2, -0.15) is 0 Å². The summed E-state index contributed by atoms with van der Waals surface area (Å²) >= 11 is 9.99. The van der Waals surface area contributed by atoms with E-state index in [4.69, 9.17) is 11.6 Å². The van der Waals surface area contributed by atoms with E-state index in [1.165, 1.54) is 44.1 Å². The topological polar surface area (TPSA) is 0 Å². The van der Waals surface area contributed by atoms with Gasteiger partial charge in [-0.3, -0.25) is 0 Å². The molecule has 0 saturated heterocycles. The summed E-state index contributed by atoms with van der Waals surface area (Å²) in [5, 5.41) is 0.299. The Morgan fingerprint density at radius 3 is 2.71 bits per heavy atom. The predicted octanol–water partition coefficient (Wildman–Crippen LogP) is 5.57. The van der Waals surface area contributed by atoms with E-state index in [-0.39, 0.29) is 0 Å². The average molecular weight is 316 g/mol. The van der Waals surface area contributed by atoms with Crippen LogP contribution in [-0.2, 0) is 6.42 Å². The van der Waals surface area contributed by atoms with Crippen LogP contribution in [0.3, 0.4) is 0 Å². The molecule has 0 amide bonds. The first-order chi connectivity index (χ1) is 8.24. The zero-order chi connectivity index (χ0) is 12.1. The minimum Gasteiger partial charge on any atom is -0.123 e. The molecular formula is C15H20BrCl. The summed E-state index contributed by atoms with van der Waals surface area (Å²) in [6.45, 7) is 0. The monoisotopic (exact) mass is 314 g/mol. The van der Waals surface area contributed by atoms with E-state index < -0.39 is 0 Å². The fraction of sp³-hybridized carbons (Fsp3) is 0.600. The smallest absolute Gasteiger partial charge is 0.0379 e. The Morgan fingerprint density at radius 1 is 1.24 bits per heavy atom. The summed E-state index contributed by atoms with van der Waals surface area (Å²) in [6, 6.07) is 8.49. The molecule has 1 aromatic carbocycles. The Morgan fingerprint density at radius 2 is 2.00 bits per heavy atom. The van der Waals surface area contributed by atoms with Gasteiger partial charge in [0.1, 0.15) is 0 Å². The highest BCUT2D eigenvalue weighted by molar-refractivity contribution is 9.10. The number of hydrogen-bond donors (Lipinski definition) is 0. The molecule has 94 valence electrons. The third-order valence-electron chi connectivity index (χ3n) is 3.66. The Balaban J connectivity index is 1.82. The molecule has 1 saturated carbocycles. The Hall–Kier alpha value is -0.0100. The van der Waals surface area contributed by atoms with Crippen molar-refractivity contribution in [2.24, 2.45) is 5.92 Å². The maximum Gasteiger partial charge on any atom is 0.0379 e. The van der Waals surface area contributed by atoms with Crippen molar-refractivity contribution in [3.8, 4) is 0 Å². The second-order valence-corrected chi connectivity index (χ2v) is 6.70. The van der Waals surface area contributed by atoms with Crippen LogP contribution in [0.4, 0.5) is 0 Å². The number of alkyl halides is 1. The molecule has 2 rings (SSSR count). The lowest BCUT2D eigenvalue weighted by atomic mass is 9.85. The molecule has 17 heavy (non-hydrogen) atoms. The third kappa shape index (κ3) is 4.63. The SMILES string of the molecule is ClC(Cc1cccc(Br)c1)CC1CCCCC1. The first kappa shape index (κ1) is 13.4. The van der Waals surface area contributed by atoms with Crippen LogP contribution in [0.5, 0.6) is 0 Å². The van der Waals surface area contributed by atoms with Gasteiger partial charge in [-0.25, -0.2) is 0 Å². The average Bonchev–Trinajstić information content (AvgIpc) is 2.30. The van der Waals surface area contributed by atoms with E-state index in [1.54, 1.807) is 0 Å². The van der Waals surface area contributed by atoms with Gasteiger partial charge >= 0.3 is 0 Å². The lowest BCUT2D eigenvalue weighted by Gasteiger charge is -2.23. The Bertz CT molecular complexity index is 345. The minimum absolute atomic E-state index is 0.299. The van der Waals surface area contributed by atoms with Crippen molar-refractivity contribution in [1.82, 2.24) is 0 Å². The van der Waals surface area contributed by atoms with Crippen molar-refractivity contribution in [3.63, 3.8) is 0 Å². The number of benzene rings is 1. The zero-order valence-corrected chi connectivity index (χ0v) is 12.5. The molecule has 0 N–H and O–H groups in total. The normalized spacial score (nSPS) is 19.2. The van der Waals surface area contributed by atoms with Crippen LogP contribution in [0, 0.1) is 5.92 Å². The van der Waals surface area contributed by atoms with Crippen LogP contribution < -0.4 is 0 Å². The van der Waals surface area contributed by atoms with E-state index in [1.807, 2.05) is 0 Å². The van der Waals surface area contributed by atoms with Crippen LogP contribution in [-0.4, -0.2) is 5.38 Å². The Labute approximate surface area is 118 Å². The molecule has 0 heterocycles. The standard InChI is InChI=1S/C15H20BrCl/c16-14-8-4-7-13(9-14)11-15(17)10-12-5-2-1-3-6-12/h4,7-9,12,15H,1-3,5-6,10-11H2. The largest absolute Gasteiger partial charge is 0.123 e. The molecule has 1 fully saturated rings. The molecule has 1 aromatic rings. The van der Waals surface area contributed by atoms with Gasteiger partial charge in [-0.15, -0.1) is 11.6 Å². The van der Waals surface area contributed by atoms with Gasteiger partial charge in [0.25, 0.3) is 0 Å². The molecule has 0 bridgehead atoms. The Kier molecular flexibility index (Phi) is 5.37. The first-order valence-corrected chi connectivity index (χ1v) is 7.85. The summed E-state index contributed by atoms with van der Waals surface area (Å²) < 4.78 is 1.15. The highest BCUT2D eigenvalue weighted by Gasteiger charge is 2.17. The maximum atomic E-state index is 6.49. The van der Waals surface area contributed by atoms with E-state index >= 15 is 0 Å². The van der Waals surface area contributed by atoms with Crippen molar-refractivity contribution in [2.45, 2.75) is 50.3 Å². The summed E-state index contributed by atoms with van der Waals surface area (Å²) in [7, 11) is 0.